The first-order valence-electron chi connectivity index (χ1n) is 8.78. The van der Waals surface area contributed by atoms with E-state index in [0.29, 0.717) is 25.3 Å². The minimum absolute atomic E-state index is 0.0142. The highest BCUT2D eigenvalue weighted by atomic mass is 16.5. The van der Waals surface area contributed by atoms with Gasteiger partial charge in [-0.3, -0.25) is 9.78 Å². The minimum Gasteiger partial charge on any atom is -0.384 e. The van der Waals surface area contributed by atoms with Gasteiger partial charge >= 0.3 is 0 Å². The van der Waals surface area contributed by atoms with Crippen molar-refractivity contribution in [1.82, 2.24) is 24.9 Å². The lowest BCUT2D eigenvalue weighted by Crippen LogP contribution is -2.40. The number of hydrogen-bond donors (Lipinski definition) is 0. The van der Waals surface area contributed by atoms with E-state index in [1.54, 1.807) is 19.5 Å². The lowest BCUT2D eigenvalue weighted by atomic mass is 9.98. The standard InChI is InChI=1S/C18H23N5O2/c1-12-5-14(7-19-6-12)18(24)22-9-15(11-25-2)17-16(10-22)20-21-23(17)8-13-3-4-13/h5-7,13,15H,3-4,8-11H2,1-2H3. The molecule has 2 aromatic heterocycles. The fourth-order valence-electron chi connectivity index (χ4n) is 3.54. The minimum atomic E-state index is -0.0142. The van der Waals surface area contributed by atoms with Crippen LogP contribution in [0.3, 0.4) is 0 Å². The Morgan fingerprint density at radius 3 is 2.92 bits per heavy atom. The zero-order chi connectivity index (χ0) is 17.4. The molecule has 1 aliphatic carbocycles. The molecule has 1 amide bonds. The molecule has 25 heavy (non-hydrogen) atoms. The number of rotatable bonds is 5. The first kappa shape index (κ1) is 16.2. The largest absolute Gasteiger partial charge is 0.384 e. The number of pyridine rings is 1. The Labute approximate surface area is 147 Å². The van der Waals surface area contributed by atoms with Crippen LogP contribution in [0, 0.1) is 12.8 Å². The van der Waals surface area contributed by atoms with Crippen LogP contribution >= 0.6 is 0 Å². The third-order valence-corrected chi connectivity index (χ3v) is 4.92. The molecule has 1 fully saturated rings. The third-order valence-electron chi connectivity index (χ3n) is 4.92. The number of methoxy groups -OCH3 is 1. The van der Waals surface area contributed by atoms with E-state index < -0.39 is 0 Å². The highest BCUT2D eigenvalue weighted by Crippen LogP contribution is 2.34. The molecular weight excluding hydrogens is 318 g/mol. The second-order valence-corrected chi connectivity index (χ2v) is 7.14. The van der Waals surface area contributed by atoms with E-state index in [-0.39, 0.29) is 11.8 Å². The zero-order valence-corrected chi connectivity index (χ0v) is 14.7. The molecule has 3 heterocycles. The molecular formula is C18H23N5O2. The lowest BCUT2D eigenvalue weighted by Gasteiger charge is -2.32. The van der Waals surface area contributed by atoms with Crippen LogP contribution in [0.2, 0.25) is 0 Å². The molecule has 1 aliphatic heterocycles. The summed E-state index contributed by atoms with van der Waals surface area (Å²) in [6.07, 6.45) is 5.92. The maximum atomic E-state index is 12.9. The predicted octanol–water partition coefficient (Wildman–Crippen LogP) is 1.78. The van der Waals surface area contributed by atoms with Gasteiger partial charge in [-0.2, -0.15) is 0 Å². The summed E-state index contributed by atoms with van der Waals surface area (Å²) in [7, 11) is 1.69. The number of aromatic nitrogens is 4. The molecule has 0 aromatic carbocycles. The van der Waals surface area contributed by atoms with Gasteiger partial charge in [0.1, 0.15) is 5.69 Å². The van der Waals surface area contributed by atoms with Crippen LogP contribution in [-0.2, 0) is 17.8 Å². The summed E-state index contributed by atoms with van der Waals surface area (Å²) in [5.41, 5.74) is 3.63. The van der Waals surface area contributed by atoms with Gasteiger partial charge in [0.25, 0.3) is 5.91 Å². The number of carbonyl (C=O) groups excluding carboxylic acids is 1. The van der Waals surface area contributed by atoms with Crippen LogP contribution in [-0.4, -0.2) is 51.0 Å². The summed E-state index contributed by atoms with van der Waals surface area (Å²) in [6.45, 7) is 4.53. The Morgan fingerprint density at radius 2 is 2.20 bits per heavy atom. The van der Waals surface area contributed by atoms with Crippen molar-refractivity contribution in [2.45, 2.75) is 38.8 Å². The molecule has 4 rings (SSSR count). The highest BCUT2D eigenvalue weighted by molar-refractivity contribution is 5.94. The quantitative estimate of drug-likeness (QED) is 0.829. The summed E-state index contributed by atoms with van der Waals surface area (Å²) < 4.78 is 7.45. The van der Waals surface area contributed by atoms with E-state index in [2.05, 4.69) is 15.3 Å². The van der Waals surface area contributed by atoms with Gasteiger partial charge in [0.05, 0.1) is 24.4 Å². The van der Waals surface area contributed by atoms with Crippen LogP contribution in [0.15, 0.2) is 18.5 Å². The molecule has 0 saturated heterocycles. The molecule has 1 atom stereocenters. The van der Waals surface area contributed by atoms with Crippen molar-refractivity contribution in [1.29, 1.82) is 0 Å². The monoisotopic (exact) mass is 341 g/mol. The van der Waals surface area contributed by atoms with Gasteiger partial charge in [-0.15, -0.1) is 5.10 Å². The molecule has 7 nitrogen and oxygen atoms in total. The Bertz CT molecular complexity index is 784. The van der Waals surface area contributed by atoms with Gasteiger partial charge in [0.15, 0.2) is 0 Å². The summed E-state index contributed by atoms with van der Waals surface area (Å²) in [6, 6.07) is 1.88. The summed E-state index contributed by atoms with van der Waals surface area (Å²) >= 11 is 0. The summed E-state index contributed by atoms with van der Waals surface area (Å²) in [5.74, 6) is 0.816. The van der Waals surface area contributed by atoms with Crippen molar-refractivity contribution in [3.05, 3.63) is 41.0 Å². The van der Waals surface area contributed by atoms with Crippen LogP contribution in [0.1, 0.15) is 46.1 Å². The van der Waals surface area contributed by atoms with Crippen molar-refractivity contribution in [3.8, 4) is 0 Å². The van der Waals surface area contributed by atoms with Crippen molar-refractivity contribution in [3.63, 3.8) is 0 Å². The van der Waals surface area contributed by atoms with Gasteiger partial charge in [0, 0.05) is 38.5 Å². The van der Waals surface area contributed by atoms with Crippen LogP contribution in [0.4, 0.5) is 0 Å². The van der Waals surface area contributed by atoms with E-state index in [0.717, 1.165) is 29.4 Å². The Hall–Kier alpha value is -2.28. The number of ether oxygens (including phenoxy) is 1. The first-order chi connectivity index (χ1) is 12.2. The van der Waals surface area contributed by atoms with E-state index in [1.807, 2.05) is 22.6 Å². The van der Waals surface area contributed by atoms with Crippen molar-refractivity contribution in [2.75, 3.05) is 20.3 Å². The lowest BCUT2D eigenvalue weighted by molar-refractivity contribution is 0.0671. The van der Waals surface area contributed by atoms with Crippen LogP contribution in [0.5, 0.6) is 0 Å². The fraction of sp³-hybridized carbons (Fsp3) is 0.556. The first-order valence-corrected chi connectivity index (χ1v) is 8.78. The number of fused-ring (bicyclic) bond motifs is 1. The number of hydrogen-bond acceptors (Lipinski definition) is 5. The van der Waals surface area contributed by atoms with Gasteiger partial charge in [-0.05, 0) is 37.3 Å². The van der Waals surface area contributed by atoms with E-state index in [9.17, 15) is 4.79 Å². The van der Waals surface area contributed by atoms with E-state index in [1.165, 1.54) is 12.8 Å². The number of nitrogens with zero attached hydrogens (tertiary/aromatic N) is 5. The predicted molar refractivity (Wildman–Crippen MR) is 91.1 cm³/mol. The number of aryl methyl sites for hydroxylation is 1. The Kier molecular flexibility index (Phi) is 4.25. The molecule has 7 heteroatoms. The maximum absolute atomic E-state index is 12.9. The maximum Gasteiger partial charge on any atom is 0.255 e. The van der Waals surface area contributed by atoms with Crippen molar-refractivity contribution in [2.24, 2.45) is 5.92 Å². The highest BCUT2D eigenvalue weighted by Gasteiger charge is 2.35. The smallest absolute Gasteiger partial charge is 0.255 e. The van der Waals surface area contributed by atoms with Crippen molar-refractivity contribution < 1.29 is 9.53 Å². The van der Waals surface area contributed by atoms with E-state index >= 15 is 0 Å². The van der Waals surface area contributed by atoms with E-state index in [4.69, 9.17) is 4.74 Å². The molecule has 0 bridgehead atoms. The molecule has 1 saturated carbocycles. The van der Waals surface area contributed by atoms with Gasteiger partial charge in [0.2, 0.25) is 0 Å². The SMILES string of the molecule is COCC1CN(C(=O)c2cncc(C)c2)Cc2nnn(CC3CC3)c21. The van der Waals surface area contributed by atoms with Gasteiger partial charge in [-0.25, -0.2) is 4.68 Å². The molecule has 2 aromatic rings. The van der Waals surface area contributed by atoms with Crippen molar-refractivity contribution >= 4 is 5.91 Å². The Morgan fingerprint density at radius 1 is 1.36 bits per heavy atom. The molecule has 2 aliphatic rings. The fourth-order valence-corrected chi connectivity index (χ4v) is 3.54. The summed E-state index contributed by atoms with van der Waals surface area (Å²) in [5, 5.41) is 8.71. The van der Waals surface area contributed by atoms with Gasteiger partial charge < -0.3 is 9.64 Å². The normalized spacial score (nSPS) is 19.8. The molecule has 0 N–H and O–H groups in total. The van der Waals surface area contributed by atoms with Gasteiger partial charge in [-0.1, -0.05) is 5.21 Å². The van der Waals surface area contributed by atoms with Crippen LogP contribution in [0.25, 0.3) is 0 Å². The average molecular weight is 341 g/mol. The molecule has 0 radical (unpaired) electrons. The topological polar surface area (TPSA) is 73.1 Å². The average Bonchev–Trinajstić information content (AvgIpc) is 3.33. The summed E-state index contributed by atoms with van der Waals surface area (Å²) in [4.78, 5) is 18.9. The molecule has 132 valence electrons. The third kappa shape index (κ3) is 3.28. The zero-order valence-electron chi connectivity index (χ0n) is 14.7. The second kappa shape index (κ2) is 6.55. The molecule has 0 spiro atoms. The molecule has 1 unspecified atom stereocenters. The number of amides is 1. The second-order valence-electron chi connectivity index (χ2n) is 7.14. The van der Waals surface area contributed by atoms with Crippen LogP contribution < -0.4 is 0 Å². The number of carbonyl (C=O) groups is 1. The Balaban J connectivity index is 1.60.